The lowest BCUT2D eigenvalue weighted by Gasteiger charge is -2.30. The van der Waals surface area contributed by atoms with E-state index in [1.54, 1.807) is 0 Å². The molecule has 0 radical (unpaired) electrons. The Morgan fingerprint density at radius 1 is 1.37 bits per heavy atom. The molecule has 0 bridgehead atoms. The summed E-state index contributed by atoms with van der Waals surface area (Å²) in [5.41, 5.74) is 5.62. The molecule has 1 aliphatic rings. The van der Waals surface area contributed by atoms with Crippen LogP contribution in [0.25, 0.3) is 0 Å². The molecule has 0 spiro atoms. The minimum atomic E-state index is -3.84. The molecule has 0 aromatic heterocycles. The Bertz CT molecular complexity index is 556. The Morgan fingerprint density at radius 3 is 2.58 bits per heavy atom. The summed E-state index contributed by atoms with van der Waals surface area (Å²) in [4.78, 5) is -0.337. The normalized spacial score (nSPS) is 17.8. The summed E-state index contributed by atoms with van der Waals surface area (Å²) in [6, 6.07) is 3.45. The van der Waals surface area contributed by atoms with Crippen molar-refractivity contribution in [2.45, 2.75) is 23.8 Å². The van der Waals surface area contributed by atoms with Crippen LogP contribution in [0.2, 0.25) is 0 Å². The van der Waals surface area contributed by atoms with Gasteiger partial charge in [0.1, 0.15) is 10.7 Å². The molecule has 5 nitrogen and oxygen atoms in total. The predicted molar refractivity (Wildman–Crippen MR) is 69.6 cm³/mol. The van der Waals surface area contributed by atoms with E-state index in [4.69, 9.17) is 10.5 Å². The van der Waals surface area contributed by atoms with Gasteiger partial charge in [-0.05, 0) is 31.0 Å². The molecule has 0 atom stereocenters. The van der Waals surface area contributed by atoms with Crippen molar-refractivity contribution >= 4 is 15.7 Å². The number of nitrogens with two attached hydrogens (primary N) is 1. The molecule has 1 fully saturated rings. The first-order valence-corrected chi connectivity index (χ1v) is 7.48. The van der Waals surface area contributed by atoms with Crippen molar-refractivity contribution in [3.63, 3.8) is 0 Å². The van der Waals surface area contributed by atoms with Crippen LogP contribution in [-0.2, 0) is 14.8 Å². The molecule has 0 unspecified atom stereocenters. The Hall–Kier alpha value is -1.18. The van der Waals surface area contributed by atoms with Crippen LogP contribution in [0.15, 0.2) is 23.1 Å². The van der Waals surface area contributed by atoms with E-state index >= 15 is 0 Å². The van der Waals surface area contributed by atoms with Crippen LogP contribution in [-0.4, -0.2) is 39.0 Å². The van der Waals surface area contributed by atoms with Gasteiger partial charge < -0.3 is 10.5 Å². The van der Waals surface area contributed by atoms with Crippen molar-refractivity contribution in [1.82, 2.24) is 4.31 Å². The SMILES string of the molecule is CN(C1CCOCC1)S(=O)(=O)c1ccc(N)cc1F. The summed E-state index contributed by atoms with van der Waals surface area (Å²) in [6.45, 7) is 1.05. The topological polar surface area (TPSA) is 72.6 Å². The zero-order valence-electron chi connectivity index (χ0n) is 10.7. The molecule has 0 saturated carbocycles. The number of hydrogen-bond donors (Lipinski definition) is 1. The molecule has 19 heavy (non-hydrogen) atoms. The van der Waals surface area contributed by atoms with Crippen molar-refractivity contribution in [3.8, 4) is 0 Å². The molecule has 2 N–H and O–H groups in total. The summed E-state index contributed by atoms with van der Waals surface area (Å²) in [5.74, 6) is -0.820. The quantitative estimate of drug-likeness (QED) is 0.848. The summed E-state index contributed by atoms with van der Waals surface area (Å²) >= 11 is 0. The molecule has 0 aliphatic carbocycles. The van der Waals surface area contributed by atoms with Gasteiger partial charge in [0, 0.05) is 32.0 Å². The minimum absolute atomic E-state index is 0.157. The molecule has 1 aromatic rings. The van der Waals surface area contributed by atoms with Gasteiger partial charge in [-0.25, -0.2) is 12.8 Å². The van der Waals surface area contributed by atoms with E-state index in [0.717, 1.165) is 6.07 Å². The number of anilines is 1. The lowest BCUT2D eigenvalue weighted by atomic mass is 10.1. The van der Waals surface area contributed by atoms with E-state index in [1.807, 2.05) is 0 Å². The molecule has 2 rings (SSSR count). The van der Waals surface area contributed by atoms with E-state index in [1.165, 1.54) is 23.5 Å². The number of halogens is 1. The second-order valence-electron chi connectivity index (χ2n) is 4.55. The van der Waals surface area contributed by atoms with Crippen LogP contribution in [0, 0.1) is 5.82 Å². The molecular weight excluding hydrogens is 271 g/mol. The lowest BCUT2D eigenvalue weighted by molar-refractivity contribution is 0.0632. The fraction of sp³-hybridized carbons (Fsp3) is 0.500. The Morgan fingerprint density at radius 2 is 2.00 bits per heavy atom. The third-order valence-corrected chi connectivity index (χ3v) is 5.26. The third kappa shape index (κ3) is 2.88. The molecule has 1 aromatic carbocycles. The molecule has 1 heterocycles. The first-order valence-electron chi connectivity index (χ1n) is 6.03. The fourth-order valence-corrected chi connectivity index (χ4v) is 3.59. The van der Waals surface area contributed by atoms with Gasteiger partial charge in [0.25, 0.3) is 0 Å². The van der Waals surface area contributed by atoms with Crippen LogP contribution < -0.4 is 5.73 Å². The number of benzene rings is 1. The van der Waals surface area contributed by atoms with Crippen LogP contribution in [0.5, 0.6) is 0 Å². The van der Waals surface area contributed by atoms with Crippen LogP contribution >= 0.6 is 0 Å². The van der Waals surface area contributed by atoms with E-state index in [-0.39, 0.29) is 16.6 Å². The van der Waals surface area contributed by atoms with Gasteiger partial charge in [0.05, 0.1) is 0 Å². The van der Waals surface area contributed by atoms with E-state index < -0.39 is 15.8 Å². The number of rotatable bonds is 3. The number of ether oxygens (including phenoxy) is 1. The van der Waals surface area contributed by atoms with Crippen LogP contribution in [0.3, 0.4) is 0 Å². The van der Waals surface area contributed by atoms with Gasteiger partial charge in [-0.15, -0.1) is 0 Å². The Labute approximate surface area is 112 Å². The highest BCUT2D eigenvalue weighted by atomic mass is 32.2. The maximum absolute atomic E-state index is 13.8. The Balaban J connectivity index is 2.30. The first-order chi connectivity index (χ1) is 8.93. The number of sulfonamides is 1. The third-order valence-electron chi connectivity index (χ3n) is 3.32. The summed E-state index contributed by atoms with van der Waals surface area (Å²) < 4.78 is 44.9. The molecule has 106 valence electrons. The van der Waals surface area contributed by atoms with Gasteiger partial charge >= 0.3 is 0 Å². The molecule has 0 amide bonds. The molecule has 7 heteroatoms. The highest BCUT2D eigenvalue weighted by molar-refractivity contribution is 7.89. The van der Waals surface area contributed by atoms with Crippen molar-refractivity contribution in [1.29, 1.82) is 0 Å². The van der Waals surface area contributed by atoms with Crippen molar-refractivity contribution < 1.29 is 17.5 Å². The Kier molecular flexibility index (Phi) is 4.07. The second-order valence-corrected chi connectivity index (χ2v) is 6.52. The lowest BCUT2D eigenvalue weighted by Crippen LogP contribution is -2.40. The highest BCUT2D eigenvalue weighted by Gasteiger charge is 2.31. The molecular formula is C12H17FN2O3S. The van der Waals surface area contributed by atoms with Gasteiger partial charge in [0.2, 0.25) is 10.0 Å². The molecule has 1 aliphatic heterocycles. The standard InChI is InChI=1S/C12H17FN2O3S/c1-15(10-4-6-18-7-5-10)19(16,17)12-3-2-9(14)8-11(12)13/h2-3,8,10H,4-7,14H2,1H3. The predicted octanol–water partition coefficient (Wildman–Crippen LogP) is 1.21. The van der Waals surface area contributed by atoms with E-state index in [2.05, 4.69) is 0 Å². The van der Waals surface area contributed by atoms with Gasteiger partial charge in [-0.3, -0.25) is 0 Å². The average molecular weight is 288 g/mol. The van der Waals surface area contributed by atoms with E-state index in [0.29, 0.717) is 26.1 Å². The second kappa shape index (κ2) is 5.44. The maximum atomic E-state index is 13.8. The fourth-order valence-electron chi connectivity index (χ4n) is 2.13. The van der Waals surface area contributed by atoms with Gasteiger partial charge in [-0.2, -0.15) is 4.31 Å². The smallest absolute Gasteiger partial charge is 0.245 e. The summed E-state index contributed by atoms with van der Waals surface area (Å²) in [6.07, 6.45) is 1.23. The summed E-state index contributed by atoms with van der Waals surface area (Å²) in [7, 11) is -2.37. The summed E-state index contributed by atoms with van der Waals surface area (Å²) in [5, 5.41) is 0. The van der Waals surface area contributed by atoms with Gasteiger partial charge in [-0.1, -0.05) is 0 Å². The van der Waals surface area contributed by atoms with Crippen molar-refractivity contribution in [2.75, 3.05) is 26.0 Å². The monoisotopic (exact) mass is 288 g/mol. The minimum Gasteiger partial charge on any atom is -0.399 e. The molecule has 1 saturated heterocycles. The zero-order valence-corrected chi connectivity index (χ0v) is 11.5. The van der Waals surface area contributed by atoms with E-state index in [9.17, 15) is 12.8 Å². The van der Waals surface area contributed by atoms with Crippen LogP contribution in [0.4, 0.5) is 10.1 Å². The van der Waals surface area contributed by atoms with Gasteiger partial charge in [0.15, 0.2) is 0 Å². The highest BCUT2D eigenvalue weighted by Crippen LogP contribution is 2.24. The first kappa shape index (κ1) is 14.2. The van der Waals surface area contributed by atoms with Crippen molar-refractivity contribution in [2.24, 2.45) is 0 Å². The number of hydrogen-bond acceptors (Lipinski definition) is 4. The average Bonchev–Trinajstić information content (AvgIpc) is 2.38. The zero-order chi connectivity index (χ0) is 14.0. The maximum Gasteiger partial charge on any atom is 0.245 e. The number of nitrogens with zero attached hydrogens (tertiary/aromatic N) is 1. The largest absolute Gasteiger partial charge is 0.399 e. The van der Waals surface area contributed by atoms with Crippen molar-refractivity contribution in [3.05, 3.63) is 24.0 Å². The van der Waals surface area contributed by atoms with Crippen LogP contribution in [0.1, 0.15) is 12.8 Å². The number of nitrogen functional groups attached to an aromatic ring is 1.